The Morgan fingerprint density at radius 2 is 1.88 bits per heavy atom. The fraction of sp³-hybridized carbons (Fsp3) is 0.696. The van der Waals surface area contributed by atoms with E-state index in [0.717, 1.165) is 31.4 Å². The first-order chi connectivity index (χ1) is 11.9. The molecule has 5 aliphatic rings. The molecule has 1 saturated heterocycles. The van der Waals surface area contributed by atoms with Gasteiger partial charge in [0.15, 0.2) is 5.78 Å². The van der Waals surface area contributed by atoms with Gasteiger partial charge in [0.05, 0.1) is 5.76 Å². The molecule has 2 heteroatoms. The van der Waals surface area contributed by atoms with Crippen LogP contribution >= 0.6 is 0 Å². The minimum atomic E-state index is 0.0487. The van der Waals surface area contributed by atoms with Crippen molar-refractivity contribution in [2.75, 3.05) is 0 Å². The van der Waals surface area contributed by atoms with Gasteiger partial charge < -0.3 is 4.74 Å². The minimum Gasteiger partial charge on any atom is -0.492 e. The Hall–Kier alpha value is -1.31. The average molecular weight is 338 g/mol. The van der Waals surface area contributed by atoms with E-state index in [-0.39, 0.29) is 16.4 Å². The maximum Gasteiger partial charge on any atom is 0.156 e. The Balaban J connectivity index is 1.53. The number of hydrogen-bond donors (Lipinski definition) is 0. The number of fused-ring (bicyclic) bond motifs is 6. The number of ether oxygens (including phenoxy) is 1. The van der Waals surface area contributed by atoms with Crippen molar-refractivity contribution in [1.29, 1.82) is 0 Å². The third-order valence-electron chi connectivity index (χ3n) is 8.95. The average Bonchev–Trinajstić information content (AvgIpc) is 3.10. The zero-order chi connectivity index (χ0) is 17.4. The van der Waals surface area contributed by atoms with Gasteiger partial charge >= 0.3 is 0 Å². The largest absolute Gasteiger partial charge is 0.492 e. The second-order valence-corrected chi connectivity index (χ2v) is 9.76. The van der Waals surface area contributed by atoms with Crippen LogP contribution in [0.4, 0.5) is 0 Å². The highest BCUT2D eigenvalue weighted by Gasteiger charge is 2.65. The quantitative estimate of drug-likeness (QED) is 0.594. The lowest BCUT2D eigenvalue weighted by atomic mass is 9.48. The Bertz CT molecular complexity index is 716. The van der Waals surface area contributed by atoms with Gasteiger partial charge in [-0.1, -0.05) is 32.6 Å². The number of rotatable bonds is 0. The molecule has 5 unspecified atom stereocenters. The first kappa shape index (κ1) is 15.9. The maximum absolute atomic E-state index is 11.9. The lowest BCUT2D eigenvalue weighted by molar-refractivity contribution is -0.119. The van der Waals surface area contributed by atoms with Gasteiger partial charge in [-0.15, -0.1) is 0 Å². The van der Waals surface area contributed by atoms with Crippen LogP contribution < -0.4 is 0 Å². The summed E-state index contributed by atoms with van der Waals surface area (Å²) in [5.74, 6) is 3.37. The first-order valence-electron chi connectivity index (χ1n) is 10.2. The van der Waals surface area contributed by atoms with Gasteiger partial charge in [0, 0.05) is 18.3 Å². The summed E-state index contributed by atoms with van der Waals surface area (Å²) in [5.41, 5.74) is 1.82. The molecule has 6 atom stereocenters. The monoisotopic (exact) mass is 338 g/mol. The van der Waals surface area contributed by atoms with Crippen LogP contribution in [0.2, 0.25) is 0 Å². The summed E-state index contributed by atoms with van der Waals surface area (Å²) in [7, 11) is 0. The second-order valence-electron chi connectivity index (χ2n) is 9.76. The molecule has 134 valence electrons. The SMILES string of the molecule is C=C1CC[C@@]2(CCC3C4C=CC5=CC(=O)CCC5(C)C4CCC32C)O1. The number of allylic oxidation sites excluding steroid dienone is 5. The van der Waals surface area contributed by atoms with E-state index in [1.165, 1.54) is 31.3 Å². The lowest BCUT2D eigenvalue weighted by Crippen LogP contribution is -2.53. The Labute approximate surface area is 151 Å². The highest BCUT2D eigenvalue weighted by atomic mass is 16.5. The summed E-state index contributed by atoms with van der Waals surface area (Å²) < 4.78 is 6.43. The molecule has 1 aliphatic heterocycles. The molecule has 0 aromatic rings. The molecule has 4 aliphatic carbocycles. The lowest BCUT2D eigenvalue weighted by Gasteiger charge is -2.57. The topological polar surface area (TPSA) is 26.3 Å². The summed E-state index contributed by atoms with van der Waals surface area (Å²) in [4.78, 5) is 11.9. The maximum atomic E-state index is 11.9. The van der Waals surface area contributed by atoms with E-state index in [2.05, 4.69) is 32.6 Å². The number of carbonyl (C=O) groups excluding carboxylic acids is 1. The highest BCUT2D eigenvalue weighted by molar-refractivity contribution is 5.92. The zero-order valence-electron chi connectivity index (χ0n) is 15.6. The standard InChI is InChI=1S/C23H30O2/c1-15-6-12-23(25-15)13-9-20-18-5-4-16-14-17(24)7-10-21(16,2)19(18)8-11-22(20,23)3/h4-5,14,18-20H,1,6-13H2,2-3H3/t18?,19?,20?,21?,22?,23-/m0/s1. The molecule has 1 spiro atoms. The normalized spacial score (nSPS) is 51.0. The summed E-state index contributed by atoms with van der Waals surface area (Å²) in [5, 5.41) is 0. The molecule has 0 radical (unpaired) electrons. The molecular formula is C23H30O2. The molecular weight excluding hydrogens is 308 g/mol. The van der Waals surface area contributed by atoms with Gasteiger partial charge in [-0.05, 0) is 73.3 Å². The van der Waals surface area contributed by atoms with Gasteiger partial charge in [-0.25, -0.2) is 0 Å². The number of carbonyl (C=O) groups is 1. The molecule has 25 heavy (non-hydrogen) atoms. The minimum absolute atomic E-state index is 0.0487. The van der Waals surface area contributed by atoms with Crippen LogP contribution in [0, 0.1) is 28.6 Å². The van der Waals surface area contributed by atoms with Crippen LogP contribution in [-0.4, -0.2) is 11.4 Å². The van der Waals surface area contributed by atoms with Crippen molar-refractivity contribution in [2.45, 2.75) is 70.8 Å². The third-order valence-corrected chi connectivity index (χ3v) is 8.95. The molecule has 0 aromatic carbocycles. The van der Waals surface area contributed by atoms with Gasteiger partial charge in [0.2, 0.25) is 0 Å². The van der Waals surface area contributed by atoms with Crippen molar-refractivity contribution in [3.05, 3.63) is 36.1 Å². The first-order valence-corrected chi connectivity index (χ1v) is 10.2. The Morgan fingerprint density at radius 3 is 2.64 bits per heavy atom. The molecule has 0 aromatic heterocycles. The third kappa shape index (κ3) is 1.89. The van der Waals surface area contributed by atoms with E-state index in [9.17, 15) is 4.79 Å². The number of hydrogen-bond acceptors (Lipinski definition) is 2. The van der Waals surface area contributed by atoms with E-state index >= 15 is 0 Å². The fourth-order valence-electron chi connectivity index (χ4n) is 7.39. The van der Waals surface area contributed by atoms with E-state index in [1.807, 2.05) is 6.08 Å². The van der Waals surface area contributed by atoms with Crippen LogP contribution in [-0.2, 0) is 9.53 Å². The van der Waals surface area contributed by atoms with Crippen LogP contribution in [0.25, 0.3) is 0 Å². The summed E-state index contributed by atoms with van der Waals surface area (Å²) in [6.07, 6.45) is 15.7. The highest BCUT2D eigenvalue weighted by Crippen LogP contribution is 2.69. The van der Waals surface area contributed by atoms with Crippen molar-refractivity contribution in [3.63, 3.8) is 0 Å². The van der Waals surface area contributed by atoms with E-state index in [1.54, 1.807) is 0 Å². The van der Waals surface area contributed by atoms with Gasteiger partial charge in [0.1, 0.15) is 5.60 Å². The van der Waals surface area contributed by atoms with Crippen molar-refractivity contribution in [2.24, 2.45) is 28.6 Å². The van der Waals surface area contributed by atoms with Gasteiger partial charge in [0.25, 0.3) is 0 Å². The predicted octanol–water partition coefficient (Wildman–Crippen LogP) is 5.36. The predicted molar refractivity (Wildman–Crippen MR) is 98.8 cm³/mol. The van der Waals surface area contributed by atoms with E-state index < -0.39 is 0 Å². The fourth-order valence-corrected chi connectivity index (χ4v) is 7.39. The second kappa shape index (κ2) is 4.90. The van der Waals surface area contributed by atoms with Crippen molar-refractivity contribution in [3.8, 4) is 0 Å². The molecule has 2 saturated carbocycles. The number of ketones is 1. The van der Waals surface area contributed by atoms with Crippen LogP contribution in [0.5, 0.6) is 0 Å². The molecule has 0 amide bonds. The smallest absolute Gasteiger partial charge is 0.156 e. The van der Waals surface area contributed by atoms with Crippen LogP contribution in [0.3, 0.4) is 0 Å². The summed E-state index contributed by atoms with van der Waals surface area (Å²) in [6, 6.07) is 0. The molecule has 0 bridgehead atoms. The molecule has 2 nitrogen and oxygen atoms in total. The molecule has 5 rings (SSSR count). The van der Waals surface area contributed by atoms with E-state index in [0.29, 0.717) is 23.5 Å². The van der Waals surface area contributed by atoms with Crippen molar-refractivity contribution in [1.82, 2.24) is 0 Å². The summed E-state index contributed by atoms with van der Waals surface area (Å²) >= 11 is 0. The molecule has 0 N–H and O–H groups in total. The van der Waals surface area contributed by atoms with Crippen molar-refractivity contribution < 1.29 is 9.53 Å². The zero-order valence-corrected chi connectivity index (χ0v) is 15.6. The molecule has 3 fully saturated rings. The Morgan fingerprint density at radius 1 is 1.08 bits per heavy atom. The van der Waals surface area contributed by atoms with Gasteiger partial charge in [-0.2, -0.15) is 0 Å². The van der Waals surface area contributed by atoms with Crippen molar-refractivity contribution >= 4 is 5.78 Å². The van der Waals surface area contributed by atoms with E-state index in [4.69, 9.17) is 4.74 Å². The van der Waals surface area contributed by atoms with Gasteiger partial charge in [-0.3, -0.25) is 4.79 Å². The summed E-state index contributed by atoms with van der Waals surface area (Å²) in [6.45, 7) is 9.05. The van der Waals surface area contributed by atoms with Crippen LogP contribution in [0.1, 0.15) is 65.2 Å². The van der Waals surface area contributed by atoms with Crippen LogP contribution in [0.15, 0.2) is 36.1 Å². The molecule has 1 heterocycles. The Kier molecular flexibility index (Phi) is 3.12.